The van der Waals surface area contributed by atoms with Gasteiger partial charge in [-0.05, 0) is 38.0 Å². The Balaban J connectivity index is 2.10. The first kappa shape index (κ1) is 7.35. The van der Waals surface area contributed by atoms with Gasteiger partial charge in [0.15, 0.2) is 0 Å². The summed E-state index contributed by atoms with van der Waals surface area (Å²) in [4.78, 5) is 0. The van der Waals surface area contributed by atoms with Gasteiger partial charge in [-0.1, -0.05) is 18.1 Å². The third-order valence-electron chi connectivity index (χ3n) is 3.01. The maximum absolute atomic E-state index is 9.37. The summed E-state index contributed by atoms with van der Waals surface area (Å²) in [6.07, 6.45) is 9.57. The SMILES string of the molecule is OC1C=C2CCCCC2CC1. The van der Waals surface area contributed by atoms with Crippen LogP contribution in [0.4, 0.5) is 0 Å². The van der Waals surface area contributed by atoms with Crippen LogP contribution in [-0.2, 0) is 0 Å². The van der Waals surface area contributed by atoms with E-state index in [9.17, 15) is 5.11 Å². The van der Waals surface area contributed by atoms with Crippen molar-refractivity contribution in [1.29, 1.82) is 0 Å². The molecule has 1 fully saturated rings. The van der Waals surface area contributed by atoms with Crippen LogP contribution in [0.2, 0.25) is 0 Å². The average Bonchev–Trinajstić information content (AvgIpc) is 2.04. The van der Waals surface area contributed by atoms with Crippen LogP contribution in [0.1, 0.15) is 38.5 Å². The minimum Gasteiger partial charge on any atom is -0.389 e. The van der Waals surface area contributed by atoms with Crippen LogP contribution in [0.3, 0.4) is 0 Å². The van der Waals surface area contributed by atoms with E-state index in [0.29, 0.717) is 0 Å². The second-order valence-electron chi connectivity index (χ2n) is 3.83. The molecule has 1 nitrogen and oxygen atoms in total. The smallest absolute Gasteiger partial charge is 0.0723 e. The minimum atomic E-state index is -0.126. The van der Waals surface area contributed by atoms with E-state index in [1.54, 1.807) is 5.57 Å². The number of aliphatic hydroxyl groups is 1. The molecule has 1 saturated carbocycles. The normalized spacial score (nSPS) is 37.7. The lowest BCUT2D eigenvalue weighted by Crippen LogP contribution is -2.20. The zero-order valence-corrected chi connectivity index (χ0v) is 6.92. The van der Waals surface area contributed by atoms with Gasteiger partial charge in [0.2, 0.25) is 0 Å². The third kappa shape index (κ3) is 1.48. The minimum absolute atomic E-state index is 0.126. The largest absolute Gasteiger partial charge is 0.389 e. The molecular weight excluding hydrogens is 136 g/mol. The molecular formula is C10H16O. The van der Waals surface area contributed by atoms with E-state index >= 15 is 0 Å². The molecule has 11 heavy (non-hydrogen) atoms. The van der Waals surface area contributed by atoms with Crippen LogP contribution in [-0.4, -0.2) is 11.2 Å². The Morgan fingerprint density at radius 1 is 1.18 bits per heavy atom. The molecule has 62 valence electrons. The number of hydrogen-bond acceptors (Lipinski definition) is 1. The standard InChI is InChI=1S/C10H16O/c11-10-6-5-8-3-1-2-4-9(8)7-10/h7-8,10-11H,1-6H2. The van der Waals surface area contributed by atoms with Gasteiger partial charge in [0.25, 0.3) is 0 Å². The van der Waals surface area contributed by atoms with E-state index < -0.39 is 0 Å². The maximum atomic E-state index is 9.37. The van der Waals surface area contributed by atoms with Crippen molar-refractivity contribution in [1.82, 2.24) is 0 Å². The molecule has 0 spiro atoms. The van der Waals surface area contributed by atoms with Gasteiger partial charge < -0.3 is 5.11 Å². The Morgan fingerprint density at radius 2 is 2.09 bits per heavy atom. The highest BCUT2D eigenvalue weighted by atomic mass is 16.3. The Morgan fingerprint density at radius 3 is 3.00 bits per heavy atom. The first-order valence-corrected chi connectivity index (χ1v) is 4.75. The molecule has 1 heteroatoms. The van der Waals surface area contributed by atoms with Gasteiger partial charge in [-0.15, -0.1) is 0 Å². The number of rotatable bonds is 0. The third-order valence-corrected chi connectivity index (χ3v) is 3.01. The number of hydrogen-bond donors (Lipinski definition) is 1. The van der Waals surface area contributed by atoms with E-state index in [1.807, 2.05) is 0 Å². The van der Waals surface area contributed by atoms with Crippen molar-refractivity contribution in [3.05, 3.63) is 11.6 Å². The Hall–Kier alpha value is -0.300. The highest BCUT2D eigenvalue weighted by Gasteiger charge is 2.23. The lowest BCUT2D eigenvalue weighted by atomic mass is 9.77. The lowest BCUT2D eigenvalue weighted by Gasteiger charge is -2.30. The van der Waals surface area contributed by atoms with E-state index in [4.69, 9.17) is 0 Å². The lowest BCUT2D eigenvalue weighted by molar-refractivity contribution is 0.184. The van der Waals surface area contributed by atoms with Gasteiger partial charge in [-0.3, -0.25) is 0 Å². The predicted octanol–water partition coefficient (Wildman–Crippen LogP) is 2.26. The zero-order valence-electron chi connectivity index (χ0n) is 6.92. The molecule has 0 heterocycles. The average molecular weight is 152 g/mol. The first-order valence-electron chi connectivity index (χ1n) is 4.75. The number of aliphatic hydroxyl groups excluding tert-OH is 1. The molecule has 1 N–H and O–H groups in total. The van der Waals surface area contributed by atoms with Crippen LogP contribution in [0.15, 0.2) is 11.6 Å². The van der Waals surface area contributed by atoms with Crippen molar-refractivity contribution in [3.63, 3.8) is 0 Å². The van der Waals surface area contributed by atoms with Crippen molar-refractivity contribution in [3.8, 4) is 0 Å². The molecule has 0 aromatic carbocycles. The van der Waals surface area contributed by atoms with Crippen LogP contribution in [0.25, 0.3) is 0 Å². The van der Waals surface area contributed by atoms with Crippen molar-refractivity contribution in [2.75, 3.05) is 0 Å². The molecule has 2 aliphatic rings. The summed E-state index contributed by atoms with van der Waals surface area (Å²) in [7, 11) is 0. The van der Waals surface area contributed by atoms with Crippen molar-refractivity contribution in [2.24, 2.45) is 5.92 Å². The Labute approximate surface area is 68.1 Å². The van der Waals surface area contributed by atoms with Gasteiger partial charge in [0.1, 0.15) is 0 Å². The molecule has 0 radical (unpaired) electrons. The van der Waals surface area contributed by atoms with E-state index in [0.717, 1.165) is 12.3 Å². The highest BCUT2D eigenvalue weighted by Crippen LogP contribution is 2.36. The molecule has 2 atom stereocenters. The molecule has 0 amide bonds. The highest BCUT2D eigenvalue weighted by molar-refractivity contribution is 5.14. The summed E-state index contributed by atoms with van der Waals surface area (Å²) in [6, 6.07) is 0. The fraction of sp³-hybridized carbons (Fsp3) is 0.800. The van der Waals surface area contributed by atoms with Crippen LogP contribution in [0.5, 0.6) is 0 Å². The Kier molecular flexibility index (Phi) is 1.99. The summed E-state index contributed by atoms with van der Waals surface area (Å²) in [6.45, 7) is 0. The zero-order chi connectivity index (χ0) is 7.68. The van der Waals surface area contributed by atoms with E-state index in [-0.39, 0.29) is 6.10 Å². The molecule has 0 aromatic rings. The molecule has 2 unspecified atom stereocenters. The first-order chi connectivity index (χ1) is 5.36. The van der Waals surface area contributed by atoms with Crippen molar-refractivity contribution in [2.45, 2.75) is 44.6 Å². The fourth-order valence-corrected chi connectivity index (χ4v) is 2.36. The fourth-order valence-electron chi connectivity index (χ4n) is 2.36. The second kappa shape index (κ2) is 2.98. The Bertz CT molecular complexity index is 172. The van der Waals surface area contributed by atoms with Crippen LogP contribution < -0.4 is 0 Å². The van der Waals surface area contributed by atoms with Crippen molar-refractivity contribution >= 4 is 0 Å². The number of allylic oxidation sites excluding steroid dienone is 1. The molecule has 0 aliphatic heterocycles. The van der Waals surface area contributed by atoms with Gasteiger partial charge in [0, 0.05) is 0 Å². The summed E-state index contributed by atoms with van der Waals surface area (Å²) in [5.41, 5.74) is 1.55. The molecule has 2 rings (SSSR count). The summed E-state index contributed by atoms with van der Waals surface area (Å²) >= 11 is 0. The summed E-state index contributed by atoms with van der Waals surface area (Å²) in [5.74, 6) is 0.840. The molecule has 0 aromatic heterocycles. The molecule has 0 bridgehead atoms. The summed E-state index contributed by atoms with van der Waals surface area (Å²) in [5, 5.41) is 9.37. The molecule has 2 aliphatic carbocycles. The van der Waals surface area contributed by atoms with Gasteiger partial charge in [0.05, 0.1) is 6.10 Å². The second-order valence-corrected chi connectivity index (χ2v) is 3.83. The summed E-state index contributed by atoms with van der Waals surface area (Å²) < 4.78 is 0. The molecule has 0 saturated heterocycles. The van der Waals surface area contributed by atoms with Gasteiger partial charge in [-0.2, -0.15) is 0 Å². The van der Waals surface area contributed by atoms with Crippen LogP contribution in [0, 0.1) is 5.92 Å². The maximum Gasteiger partial charge on any atom is 0.0723 e. The van der Waals surface area contributed by atoms with E-state index in [1.165, 1.54) is 32.1 Å². The van der Waals surface area contributed by atoms with E-state index in [2.05, 4.69) is 6.08 Å². The van der Waals surface area contributed by atoms with Gasteiger partial charge >= 0.3 is 0 Å². The van der Waals surface area contributed by atoms with Gasteiger partial charge in [-0.25, -0.2) is 0 Å². The topological polar surface area (TPSA) is 20.2 Å². The van der Waals surface area contributed by atoms with Crippen molar-refractivity contribution < 1.29 is 5.11 Å². The number of fused-ring (bicyclic) bond motifs is 1. The van der Waals surface area contributed by atoms with Crippen LogP contribution >= 0.6 is 0 Å². The quantitative estimate of drug-likeness (QED) is 0.528. The predicted molar refractivity (Wildman–Crippen MR) is 45.3 cm³/mol. The monoisotopic (exact) mass is 152 g/mol.